The van der Waals surface area contributed by atoms with Crippen LogP contribution in [0.3, 0.4) is 0 Å². The topological polar surface area (TPSA) is 251 Å². The molecule has 94 heavy (non-hydrogen) atoms. The third kappa shape index (κ3) is 14.6. The number of alkyl halides is 12. The van der Waals surface area contributed by atoms with E-state index in [9.17, 15) is 29.4 Å². The number of hydrogen-bond donors (Lipinski definition) is 2. The highest BCUT2D eigenvalue weighted by Crippen LogP contribution is 2.74. The van der Waals surface area contributed by atoms with Gasteiger partial charge in [0.05, 0.1) is 61.7 Å². The maximum Gasteiger partial charge on any atom is 0.338 e. The molecule has 20 atom stereocenters. The number of esters is 4. The smallest absolute Gasteiger partial charge is 0.338 e. The van der Waals surface area contributed by atoms with Crippen LogP contribution in [0.1, 0.15) is 119 Å². The lowest BCUT2D eigenvalue weighted by atomic mass is 9.51. The van der Waals surface area contributed by atoms with Crippen molar-refractivity contribution in [2.75, 3.05) is 52.9 Å². The summed E-state index contributed by atoms with van der Waals surface area (Å²) < 4.78 is 82.9. The van der Waals surface area contributed by atoms with Crippen LogP contribution in [-0.2, 0) is 85.5 Å². The van der Waals surface area contributed by atoms with Crippen molar-refractivity contribution in [3.8, 4) is 0 Å². The monoisotopic (exact) mass is 1560 g/mol. The van der Waals surface area contributed by atoms with Crippen LogP contribution in [0.15, 0.2) is 47.6 Å². The summed E-state index contributed by atoms with van der Waals surface area (Å²) in [5.41, 5.74) is -3.56. The van der Waals surface area contributed by atoms with E-state index in [0.717, 1.165) is 12.8 Å². The fourth-order valence-electron chi connectivity index (χ4n) is 17.0. The van der Waals surface area contributed by atoms with Crippen LogP contribution >= 0.6 is 139 Å². The van der Waals surface area contributed by atoms with Gasteiger partial charge in [-0.2, -0.15) is 0 Å². The van der Waals surface area contributed by atoms with Crippen molar-refractivity contribution >= 4 is 163 Å². The Morgan fingerprint density at radius 3 is 1.17 bits per heavy atom. The molecule has 532 valence electrons. The first-order valence-electron chi connectivity index (χ1n) is 31.2. The molecule has 10 fully saturated rings. The summed E-state index contributed by atoms with van der Waals surface area (Å²) in [6.07, 6.45) is 10.5. The molecule has 10 aliphatic heterocycles. The summed E-state index contributed by atoms with van der Waals surface area (Å²) in [4.78, 5) is 53.3. The zero-order valence-corrected chi connectivity index (χ0v) is 61.5. The van der Waals surface area contributed by atoms with E-state index in [4.69, 9.17) is 206 Å². The van der Waals surface area contributed by atoms with E-state index in [1.807, 2.05) is 13.8 Å². The molecule has 0 aromatic rings. The zero-order valence-electron chi connectivity index (χ0n) is 52.5. The van der Waals surface area contributed by atoms with Gasteiger partial charge in [-0.15, -0.1) is 0 Å². The second-order valence-corrected chi connectivity index (χ2v) is 33.9. The van der Waals surface area contributed by atoms with Crippen molar-refractivity contribution < 1.29 is 95.7 Å². The summed E-state index contributed by atoms with van der Waals surface area (Å²) >= 11 is 57.7. The van der Waals surface area contributed by atoms with E-state index in [1.54, 1.807) is 12.2 Å². The molecular formula is C62H80Cl12O20. The Balaban J connectivity index is 0.000000181. The number of fused-ring (bicyclic) bond motifs is 2. The molecule has 10 heterocycles. The predicted octanol–water partition coefficient (Wildman–Crippen LogP) is 12.2. The molecule has 6 spiro atoms. The number of carbonyl (C=O) groups excluding carboxylic acids is 4. The molecule has 14 rings (SSSR count). The number of rotatable bonds is 4. The first kappa shape index (κ1) is 78.0. The summed E-state index contributed by atoms with van der Waals surface area (Å²) in [5, 5.41) is 22.9. The maximum atomic E-state index is 13.6. The number of epoxide rings is 4. The lowest BCUT2D eigenvalue weighted by Crippen LogP contribution is -2.67. The van der Waals surface area contributed by atoms with E-state index >= 15 is 0 Å². The fourth-order valence-corrected chi connectivity index (χ4v) is 17.0. The molecule has 8 saturated heterocycles. The molecule has 0 amide bonds. The lowest BCUT2D eigenvalue weighted by molar-refractivity contribution is -0.316. The number of allylic oxidation sites excluding steroid dienone is 4. The van der Waals surface area contributed by atoms with Gasteiger partial charge >= 0.3 is 23.9 Å². The number of aliphatic hydroxyl groups is 2. The molecule has 0 unspecified atom stereocenters. The van der Waals surface area contributed by atoms with Crippen molar-refractivity contribution in [2.24, 2.45) is 21.7 Å². The van der Waals surface area contributed by atoms with E-state index in [1.165, 1.54) is 23.3 Å². The van der Waals surface area contributed by atoms with Gasteiger partial charge in [0.2, 0.25) is 0 Å². The van der Waals surface area contributed by atoms with E-state index in [0.29, 0.717) is 77.8 Å². The summed E-state index contributed by atoms with van der Waals surface area (Å²) in [6.45, 7) is 14.3. The molecule has 4 aliphatic carbocycles. The molecule has 0 aromatic heterocycles. The number of halogens is 12. The van der Waals surface area contributed by atoms with Gasteiger partial charge in [-0.25, -0.2) is 19.2 Å². The van der Waals surface area contributed by atoms with E-state index in [2.05, 4.69) is 39.8 Å². The van der Waals surface area contributed by atoms with Crippen LogP contribution < -0.4 is 0 Å². The Morgan fingerprint density at radius 2 is 0.851 bits per heavy atom. The van der Waals surface area contributed by atoms with Crippen LogP contribution in [0.5, 0.6) is 0 Å². The summed E-state index contributed by atoms with van der Waals surface area (Å²) in [5.74, 6) is -4.63. The SMILES string of the molecule is CCO[C@@]12CC/C=C\C(=O)O[C@@H]3C[C@H]4O[C@@H]5C=C(C)CC[C@]5(COC(=O)[C@H]5O[C@]5(CCO1)[C@H]2O)[C@]3(C)[C@]41CO1.CCO[C@@]12CC/C=C\C(=O)O[C@@H]3C[C@H]4O[C@@H]5C=C(C)CC[C@]5(COC(=O)[C@H]5O[C@]5(CCO1)[C@H]2O)[C@]3(C)[C@]41CO1.ClC(Cl)Cl.ClC(Cl)Cl.ClC(Cl)Cl.ClC(Cl)Cl. The average Bonchev–Trinajstić information content (AvgIpc) is 1.48. The Morgan fingerprint density at radius 1 is 0.511 bits per heavy atom. The molecule has 2 saturated carbocycles. The second-order valence-electron chi connectivity index (χ2n) is 26.0. The van der Waals surface area contributed by atoms with E-state index < -0.39 is 133 Å². The minimum atomic E-state index is -1.35. The number of ether oxygens (including phenoxy) is 14. The molecule has 14 aliphatic rings. The molecule has 0 aromatic carbocycles. The third-order valence-corrected chi connectivity index (χ3v) is 21.8. The standard InChI is InChI=1S/2C29H38O10.4CHCl3/c2*1-4-34-29-9-6-5-7-21(30)38-18-14-20-28(16-36-28)25(18,3)26(10-8-17(2)13-19(26)37-20)15-33-23(31)22-27(39-22,24(29)32)11-12-35-29;4*2-1(3)4/h2*5,7,13,18-20,22,24,32H,4,6,8-12,14-16H2,1-3H3;4*1H/b2*7-5-;;;;/t2*18-,19-,20-,22-,24-,25-,26-,27+,28+,29+;;;;/m11..../s1. The number of cyclic esters (lactones) is 2. The number of hydrogen-bond acceptors (Lipinski definition) is 20. The van der Waals surface area contributed by atoms with Gasteiger partial charge in [0, 0.05) is 74.7 Å². The van der Waals surface area contributed by atoms with Gasteiger partial charge in [-0.1, -0.05) is 189 Å². The lowest BCUT2D eigenvalue weighted by Gasteiger charge is -2.58. The normalized spacial score (nSPS) is 45.6. The van der Waals surface area contributed by atoms with Crippen LogP contribution in [0.2, 0.25) is 0 Å². The quantitative estimate of drug-likeness (QED) is 0.0872. The molecule has 8 bridgehead atoms. The Bertz CT molecular complexity index is 2650. The van der Waals surface area contributed by atoms with E-state index in [-0.39, 0.29) is 63.7 Å². The van der Waals surface area contributed by atoms with Crippen LogP contribution in [0.25, 0.3) is 0 Å². The molecule has 2 N–H and O–H groups in total. The second kappa shape index (κ2) is 30.6. The highest BCUT2D eigenvalue weighted by molar-refractivity contribution is 6.64. The van der Waals surface area contributed by atoms with Gasteiger partial charge in [-0.05, 0) is 66.2 Å². The minimum absolute atomic E-state index is 0.0671. The highest BCUT2D eigenvalue weighted by Gasteiger charge is 2.85. The van der Waals surface area contributed by atoms with Gasteiger partial charge in [0.15, 0.2) is 41.0 Å². The largest absolute Gasteiger partial charge is 0.463 e. The molecule has 0 radical (unpaired) electrons. The Labute approximate surface area is 607 Å². The van der Waals surface area contributed by atoms with Crippen LogP contribution in [-0.4, -0.2) is 199 Å². The van der Waals surface area contributed by atoms with Gasteiger partial charge in [0.25, 0.3) is 0 Å². The first-order valence-corrected chi connectivity index (χ1v) is 36.5. The van der Waals surface area contributed by atoms with Crippen molar-refractivity contribution in [1.82, 2.24) is 0 Å². The predicted molar refractivity (Wildman–Crippen MR) is 352 cm³/mol. The van der Waals surface area contributed by atoms with Crippen molar-refractivity contribution in [3.63, 3.8) is 0 Å². The van der Waals surface area contributed by atoms with Gasteiger partial charge in [0.1, 0.15) is 60.0 Å². The first-order chi connectivity index (χ1) is 44.3. The van der Waals surface area contributed by atoms with Crippen molar-refractivity contribution in [1.29, 1.82) is 0 Å². The molecule has 32 heteroatoms. The van der Waals surface area contributed by atoms with Crippen LogP contribution in [0, 0.1) is 21.7 Å². The average molecular weight is 1570 g/mol. The van der Waals surface area contributed by atoms with Crippen LogP contribution in [0.4, 0.5) is 0 Å². The fraction of sp³-hybridized carbons (Fsp3) is 0.806. The maximum absolute atomic E-state index is 13.6. The van der Waals surface area contributed by atoms with Crippen molar-refractivity contribution in [2.45, 2.75) is 231 Å². The minimum Gasteiger partial charge on any atom is -0.463 e. The Kier molecular flexibility index (Phi) is 25.4. The molecular weight excluding hydrogens is 1490 g/mol. The third-order valence-electron chi connectivity index (χ3n) is 21.8. The zero-order chi connectivity index (χ0) is 68.8. The van der Waals surface area contributed by atoms with Gasteiger partial charge < -0.3 is 76.5 Å². The number of aliphatic hydroxyl groups excluding tert-OH is 2. The molecule has 20 nitrogen and oxygen atoms in total. The van der Waals surface area contributed by atoms with Gasteiger partial charge in [-0.3, -0.25) is 0 Å². The Hall–Kier alpha value is -0.160. The summed E-state index contributed by atoms with van der Waals surface area (Å²) in [6, 6.07) is 0. The highest BCUT2D eigenvalue weighted by atomic mass is 35.6. The van der Waals surface area contributed by atoms with Crippen molar-refractivity contribution in [3.05, 3.63) is 47.6 Å². The summed E-state index contributed by atoms with van der Waals surface area (Å²) in [7, 11) is 0. The number of carbonyl (C=O) groups is 4.